The van der Waals surface area contributed by atoms with E-state index in [0.29, 0.717) is 19.4 Å². The van der Waals surface area contributed by atoms with Gasteiger partial charge in [-0.05, 0) is 83.5 Å². The molecule has 3 N–H and O–H groups in total. The van der Waals surface area contributed by atoms with Crippen LogP contribution in [0.3, 0.4) is 0 Å². The van der Waals surface area contributed by atoms with Gasteiger partial charge in [0.2, 0.25) is 5.91 Å². The van der Waals surface area contributed by atoms with Crippen LogP contribution in [0.5, 0.6) is 0 Å². The summed E-state index contributed by atoms with van der Waals surface area (Å²) in [6, 6.07) is -0.637. The van der Waals surface area contributed by atoms with Crippen LogP contribution in [0.1, 0.15) is 303 Å². The predicted molar refractivity (Wildman–Crippen MR) is 283 cm³/mol. The van der Waals surface area contributed by atoms with Crippen LogP contribution in [0.25, 0.3) is 0 Å². The molecule has 0 aliphatic rings. The van der Waals surface area contributed by atoms with Gasteiger partial charge < -0.3 is 20.3 Å². The summed E-state index contributed by atoms with van der Waals surface area (Å²) >= 11 is 0. The number of aliphatic hydroxyl groups is 2. The molecular formula is C59H111NO5. The molecule has 0 spiro atoms. The minimum Gasteiger partial charge on any atom is -0.466 e. The Morgan fingerprint density at radius 3 is 1.09 bits per heavy atom. The largest absolute Gasteiger partial charge is 0.466 e. The summed E-state index contributed by atoms with van der Waals surface area (Å²) in [5.74, 6) is -0.0907. The average molecular weight is 915 g/mol. The number of hydrogen-bond donors (Lipinski definition) is 3. The summed E-state index contributed by atoms with van der Waals surface area (Å²) in [5.41, 5.74) is 0. The highest BCUT2D eigenvalue weighted by molar-refractivity contribution is 5.76. The number of unbranched alkanes of at least 4 members (excludes halogenated alkanes) is 38. The Morgan fingerprint density at radius 2 is 0.723 bits per heavy atom. The zero-order valence-electron chi connectivity index (χ0n) is 43.5. The van der Waals surface area contributed by atoms with E-state index in [9.17, 15) is 19.8 Å². The topological polar surface area (TPSA) is 95.9 Å². The van der Waals surface area contributed by atoms with Gasteiger partial charge in [-0.1, -0.05) is 243 Å². The van der Waals surface area contributed by atoms with Gasteiger partial charge in [-0.3, -0.25) is 9.59 Å². The van der Waals surface area contributed by atoms with E-state index in [4.69, 9.17) is 4.74 Å². The molecule has 2 unspecified atom stereocenters. The minimum atomic E-state index is -0.853. The summed E-state index contributed by atoms with van der Waals surface area (Å²) in [5, 5.41) is 23.1. The van der Waals surface area contributed by atoms with Gasteiger partial charge >= 0.3 is 5.97 Å². The quantitative estimate of drug-likeness (QED) is 0.0321. The number of carbonyl (C=O) groups is 2. The van der Waals surface area contributed by atoms with Crippen molar-refractivity contribution in [2.24, 2.45) is 0 Å². The molecule has 0 aliphatic heterocycles. The molecule has 2 atom stereocenters. The van der Waals surface area contributed by atoms with Crippen molar-refractivity contribution in [3.63, 3.8) is 0 Å². The molecule has 0 bridgehead atoms. The van der Waals surface area contributed by atoms with Crippen molar-refractivity contribution in [3.05, 3.63) is 36.5 Å². The van der Waals surface area contributed by atoms with Crippen LogP contribution < -0.4 is 5.32 Å². The molecule has 6 heteroatoms. The van der Waals surface area contributed by atoms with Crippen molar-refractivity contribution >= 4 is 11.9 Å². The van der Waals surface area contributed by atoms with Crippen LogP contribution >= 0.6 is 0 Å². The van der Waals surface area contributed by atoms with Crippen LogP contribution in [-0.4, -0.2) is 47.4 Å². The lowest BCUT2D eigenvalue weighted by Crippen LogP contribution is -2.45. The maximum atomic E-state index is 12.5. The second-order valence-electron chi connectivity index (χ2n) is 19.6. The first kappa shape index (κ1) is 63.1. The zero-order chi connectivity index (χ0) is 47.2. The van der Waals surface area contributed by atoms with E-state index in [1.54, 1.807) is 6.08 Å². The van der Waals surface area contributed by atoms with E-state index in [1.807, 2.05) is 6.08 Å². The van der Waals surface area contributed by atoms with Crippen molar-refractivity contribution in [1.82, 2.24) is 5.32 Å². The molecule has 0 saturated heterocycles. The molecule has 0 aromatic carbocycles. The first-order chi connectivity index (χ1) is 32.0. The van der Waals surface area contributed by atoms with E-state index in [-0.39, 0.29) is 18.5 Å². The number of rotatable bonds is 53. The fourth-order valence-corrected chi connectivity index (χ4v) is 8.68. The van der Waals surface area contributed by atoms with Crippen LogP contribution in [0, 0.1) is 0 Å². The Morgan fingerprint density at radius 1 is 0.415 bits per heavy atom. The third-order valence-corrected chi connectivity index (χ3v) is 13.1. The first-order valence-corrected chi connectivity index (χ1v) is 28.8. The standard InChI is InChI=1S/C59H111NO5/c1-3-5-7-9-11-13-15-17-19-21-24-27-31-35-39-43-47-51-57(62)56(55-61)60-58(63)52-48-44-40-36-32-28-25-22-20-23-26-30-34-38-42-46-50-54-65-59(64)53-49-45-41-37-33-29-18-16-14-12-10-8-6-4-2/h16,18,20,23,47,51,56-57,61-62H,3-15,17,19,21-22,24-46,48-50,52-55H2,1-2H3,(H,60,63)/b18-16-,23-20-,51-47+. The van der Waals surface area contributed by atoms with Crippen molar-refractivity contribution in [2.75, 3.05) is 13.2 Å². The number of ether oxygens (including phenoxy) is 1. The van der Waals surface area contributed by atoms with Crippen LogP contribution in [0.4, 0.5) is 0 Å². The molecule has 0 fully saturated rings. The highest BCUT2D eigenvalue weighted by Crippen LogP contribution is 2.16. The van der Waals surface area contributed by atoms with Gasteiger partial charge in [-0.2, -0.15) is 0 Å². The van der Waals surface area contributed by atoms with Gasteiger partial charge in [0.1, 0.15) is 0 Å². The van der Waals surface area contributed by atoms with Gasteiger partial charge in [-0.15, -0.1) is 0 Å². The van der Waals surface area contributed by atoms with Crippen molar-refractivity contribution < 1.29 is 24.5 Å². The fraction of sp³-hybridized carbons (Fsp3) is 0.864. The summed E-state index contributed by atoms with van der Waals surface area (Å²) < 4.78 is 5.46. The highest BCUT2D eigenvalue weighted by atomic mass is 16.5. The van der Waals surface area contributed by atoms with Gasteiger partial charge in [0.05, 0.1) is 25.4 Å². The molecular weight excluding hydrogens is 803 g/mol. The summed E-state index contributed by atoms with van der Waals surface area (Å²) in [7, 11) is 0. The van der Waals surface area contributed by atoms with E-state index in [1.165, 1.54) is 218 Å². The van der Waals surface area contributed by atoms with Crippen molar-refractivity contribution in [3.8, 4) is 0 Å². The molecule has 0 heterocycles. The maximum absolute atomic E-state index is 12.5. The van der Waals surface area contributed by atoms with Crippen molar-refractivity contribution in [1.29, 1.82) is 0 Å². The summed E-state index contributed by atoms with van der Waals surface area (Å²) in [6.45, 7) is 4.88. The van der Waals surface area contributed by atoms with Gasteiger partial charge in [0.25, 0.3) is 0 Å². The van der Waals surface area contributed by atoms with E-state index >= 15 is 0 Å². The Kier molecular flexibility index (Phi) is 53.1. The van der Waals surface area contributed by atoms with Gasteiger partial charge in [-0.25, -0.2) is 0 Å². The minimum absolute atomic E-state index is 0.0115. The number of amides is 1. The van der Waals surface area contributed by atoms with E-state index in [2.05, 4.69) is 43.5 Å². The number of allylic oxidation sites excluding steroid dienone is 5. The zero-order valence-corrected chi connectivity index (χ0v) is 43.5. The van der Waals surface area contributed by atoms with E-state index in [0.717, 1.165) is 57.8 Å². The first-order valence-electron chi connectivity index (χ1n) is 28.8. The lowest BCUT2D eigenvalue weighted by molar-refractivity contribution is -0.143. The third-order valence-electron chi connectivity index (χ3n) is 13.1. The molecule has 0 aliphatic carbocycles. The third kappa shape index (κ3) is 51.3. The predicted octanol–water partition coefficient (Wildman–Crippen LogP) is 17.6. The molecule has 1 amide bonds. The van der Waals surface area contributed by atoms with Crippen LogP contribution in [-0.2, 0) is 14.3 Å². The molecule has 0 aromatic heterocycles. The second-order valence-corrected chi connectivity index (χ2v) is 19.6. The molecule has 0 radical (unpaired) electrons. The van der Waals surface area contributed by atoms with E-state index < -0.39 is 12.1 Å². The van der Waals surface area contributed by atoms with Gasteiger partial charge in [0.15, 0.2) is 0 Å². The number of nitrogens with one attached hydrogen (secondary N) is 1. The lowest BCUT2D eigenvalue weighted by Gasteiger charge is -2.20. The Labute approximate surface area is 404 Å². The smallest absolute Gasteiger partial charge is 0.305 e. The molecule has 0 rings (SSSR count). The monoisotopic (exact) mass is 914 g/mol. The molecule has 0 aromatic rings. The number of carbonyl (C=O) groups excluding carboxylic acids is 2. The number of aliphatic hydroxyl groups excluding tert-OH is 2. The summed E-state index contributed by atoms with van der Waals surface area (Å²) in [6.07, 6.45) is 67.3. The molecule has 65 heavy (non-hydrogen) atoms. The second kappa shape index (κ2) is 54.7. The SMILES string of the molecule is CCCCCCC/C=C\CCCCCCCC(=O)OCCCCCCCC/C=C\CCCCCCCCCC(=O)NC(CO)C(O)/C=C/CCCCCCCCCCCCCCCCC. The number of hydrogen-bond acceptors (Lipinski definition) is 5. The maximum Gasteiger partial charge on any atom is 0.305 e. The Hall–Kier alpha value is -1.92. The van der Waals surface area contributed by atoms with Crippen molar-refractivity contribution in [2.45, 2.75) is 315 Å². The lowest BCUT2D eigenvalue weighted by atomic mass is 10.0. The molecule has 6 nitrogen and oxygen atoms in total. The normalized spacial score (nSPS) is 12.9. The average Bonchev–Trinajstić information content (AvgIpc) is 3.31. The Bertz CT molecular complexity index is 1060. The van der Waals surface area contributed by atoms with Crippen LogP contribution in [0.15, 0.2) is 36.5 Å². The fourth-order valence-electron chi connectivity index (χ4n) is 8.68. The highest BCUT2D eigenvalue weighted by Gasteiger charge is 2.18. The summed E-state index contributed by atoms with van der Waals surface area (Å²) in [4.78, 5) is 24.5. The van der Waals surface area contributed by atoms with Crippen LogP contribution in [0.2, 0.25) is 0 Å². The number of esters is 1. The Balaban J connectivity index is 3.50. The molecule has 0 saturated carbocycles. The molecule has 382 valence electrons. The van der Waals surface area contributed by atoms with Gasteiger partial charge in [0, 0.05) is 12.8 Å².